The van der Waals surface area contributed by atoms with E-state index in [-0.39, 0.29) is 5.92 Å². The van der Waals surface area contributed by atoms with Crippen molar-refractivity contribution in [3.05, 3.63) is 187 Å². The van der Waals surface area contributed by atoms with Crippen LogP contribution in [0.3, 0.4) is 0 Å². The molecule has 6 nitrogen and oxygen atoms in total. The molecule has 0 unspecified atom stereocenters. The summed E-state index contributed by atoms with van der Waals surface area (Å²) < 4.78 is 0. The highest BCUT2D eigenvalue weighted by Gasteiger charge is 2.26. The van der Waals surface area contributed by atoms with Crippen LogP contribution >= 0.6 is 0 Å². The van der Waals surface area contributed by atoms with Gasteiger partial charge in [-0.15, -0.1) is 0 Å². The number of hydrogen-bond donors (Lipinski definition) is 0. The Hall–Kier alpha value is -7.10. The largest absolute Gasteiger partial charge is 0.256 e. The fourth-order valence-corrected chi connectivity index (χ4v) is 6.91. The third kappa shape index (κ3) is 7.62. The average molecular weight is 725 g/mol. The van der Waals surface area contributed by atoms with E-state index in [4.69, 9.17) is 29.9 Å². The van der Waals surface area contributed by atoms with Crippen molar-refractivity contribution in [2.75, 3.05) is 0 Å². The molecule has 270 valence electrons. The molecule has 3 aromatic heterocycles. The van der Waals surface area contributed by atoms with Crippen LogP contribution in [0.4, 0.5) is 0 Å². The standard InChI is InChI=1S/C50H40N6/c1-4-20-41(50-55-48(38-27-16-8-17-28-38)54-49(56-50)39-29-18-9-19-30-39)43(34(2)3)47-45(37-25-14-7-15-26-37)52-46(44(53-47)36-23-12-6-13-24-36)40-31-32-42(51-33-40)35-21-10-5-11-22-35/h4-5,7-12,14-18,20-29,31-34H,6,13H2,1-3H3/b20-4-,43-41-. The average Bonchev–Trinajstić information content (AvgIpc) is 3.27. The van der Waals surface area contributed by atoms with Gasteiger partial charge in [-0.25, -0.2) is 24.9 Å². The molecule has 0 atom stereocenters. The number of nitrogens with zero attached hydrogens (tertiary/aromatic N) is 6. The molecule has 7 aromatic rings. The van der Waals surface area contributed by atoms with Gasteiger partial charge in [0.05, 0.1) is 34.0 Å². The van der Waals surface area contributed by atoms with Crippen LogP contribution in [0.5, 0.6) is 0 Å². The molecule has 0 N–H and O–H groups in total. The van der Waals surface area contributed by atoms with Gasteiger partial charge in [0.2, 0.25) is 0 Å². The quantitative estimate of drug-likeness (QED) is 0.131. The molecule has 0 saturated heterocycles. The zero-order valence-electron chi connectivity index (χ0n) is 31.7. The van der Waals surface area contributed by atoms with E-state index in [1.165, 1.54) is 0 Å². The van der Waals surface area contributed by atoms with Gasteiger partial charge in [-0.3, -0.25) is 4.98 Å². The summed E-state index contributed by atoms with van der Waals surface area (Å²) in [6, 6.07) is 46.6. The minimum atomic E-state index is -0.00336. The van der Waals surface area contributed by atoms with Crippen molar-refractivity contribution in [3.63, 3.8) is 0 Å². The lowest BCUT2D eigenvalue weighted by atomic mass is 9.89. The Morgan fingerprint density at radius 2 is 1.36 bits per heavy atom. The molecule has 1 aliphatic rings. The first-order chi connectivity index (χ1) is 27.6. The molecule has 0 radical (unpaired) electrons. The molecule has 8 rings (SSSR count). The van der Waals surface area contributed by atoms with E-state index in [1.807, 2.05) is 104 Å². The SMILES string of the molecule is C/C=C\C(=C(\c1nc(C2=CCCC=C2)c(-c2ccc(-c3ccccc3)nc2)nc1-c1ccccc1)C(C)C)c1nc(-c2c#cccc2)nc(-c2ccccc2)n1. The summed E-state index contributed by atoms with van der Waals surface area (Å²) in [5.41, 5.74) is 11.4. The van der Waals surface area contributed by atoms with E-state index in [0.29, 0.717) is 17.5 Å². The third-order valence-electron chi connectivity index (χ3n) is 9.57. The van der Waals surface area contributed by atoms with Crippen LogP contribution < -0.4 is 0 Å². The topological polar surface area (TPSA) is 77.3 Å². The van der Waals surface area contributed by atoms with Crippen LogP contribution in [0.1, 0.15) is 50.8 Å². The molecule has 1 aliphatic carbocycles. The van der Waals surface area contributed by atoms with E-state index < -0.39 is 0 Å². The van der Waals surface area contributed by atoms with Crippen LogP contribution in [0, 0.1) is 18.1 Å². The molecule has 0 saturated carbocycles. The maximum atomic E-state index is 5.66. The van der Waals surface area contributed by atoms with Gasteiger partial charge in [-0.1, -0.05) is 153 Å². The maximum absolute atomic E-state index is 5.66. The van der Waals surface area contributed by atoms with Gasteiger partial charge in [0.15, 0.2) is 17.5 Å². The van der Waals surface area contributed by atoms with E-state index in [9.17, 15) is 0 Å². The second kappa shape index (κ2) is 16.5. The third-order valence-corrected chi connectivity index (χ3v) is 9.57. The molecule has 0 bridgehead atoms. The number of pyridine rings is 1. The summed E-state index contributed by atoms with van der Waals surface area (Å²) in [5.74, 6) is 1.63. The fourth-order valence-electron chi connectivity index (χ4n) is 6.91. The van der Waals surface area contributed by atoms with Crippen molar-refractivity contribution >= 4 is 16.7 Å². The smallest absolute Gasteiger partial charge is 0.172 e. The minimum Gasteiger partial charge on any atom is -0.256 e. The lowest BCUT2D eigenvalue weighted by Gasteiger charge is -2.22. The fraction of sp³-hybridized carbons (Fsp3) is 0.120. The van der Waals surface area contributed by atoms with E-state index in [2.05, 4.69) is 86.7 Å². The molecule has 56 heavy (non-hydrogen) atoms. The van der Waals surface area contributed by atoms with E-state index in [1.54, 1.807) is 0 Å². The summed E-state index contributed by atoms with van der Waals surface area (Å²) in [6.07, 6.45) is 14.6. The number of benzene rings is 3. The number of rotatable bonds is 10. The van der Waals surface area contributed by atoms with Gasteiger partial charge in [0.25, 0.3) is 0 Å². The summed E-state index contributed by atoms with van der Waals surface area (Å²) in [7, 11) is 0. The molecule has 0 aliphatic heterocycles. The Morgan fingerprint density at radius 3 is 1.98 bits per heavy atom. The molecule has 0 fully saturated rings. The zero-order valence-corrected chi connectivity index (χ0v) is 31.7. The van der Waals surface area contributed by atoms with Gasteiger partial charge in [-0.2, -0.15) is 0 Å². The summed E-state index contributed by atoms with van der Waals surface area (Å²) in [5, 5.41) is 0. The van der Waals surface area contributed by atoms with Crippen LogP contribution in [0.25, 0.3) is 73.3 Å². The first-order valence-corrected chi connectivity index (χ1v) is 19.0. The lowest BCUT2D eigenvalue weighted by Crippen LogP contribution is -2.11. The molecule has 0 spiro atoms. The van der Waals surface area contributed by atoms with Crippen LogP contribution in [0.2, 0.25) is 0 Å². The number of aromatic nitrogens is 6. The molecular formula is C50H40N6. The Balaban J connectivity index is 1.41. The predicted molar refractivity (Wildman–Crippen MR) is 227 cm³/mol. The molecule has 4 aromatic carbocycles. The Morgan fingerprint density at radius 1 is 0.643 bits per heavy atom. The molecular weight excluding hydrogens is 685 g/mol. The first kappa shape index (κ1) is 35.9. The second-order valence-corrected chi connectivity index (χ2v) is 13.8. The Labute approximate surface area is 328 Å². The monoisotopic (exact) mass is 724 g/mol. The Kier molecular flexibility index (Phi) is 10.6. The van der Waals surface area contributed by atoms with Gasteiger partial charge in [0, 0.05) is 34.0 Å². The van der Waals surface area contributed by atoms with Crippen LogP contribution in [-0.2, 0) is 0 Å². The minimum absolute atomic E-state index is 0.00336. The highest BCUT2D eigenvalue weighted by Crippen LogP contribution is 2.40. The normalized spacial score (nSPS) is 13.0. The van der Waals surface area contributed by atoms with Crippen molar-refractivity contribution in [1.29, 1.82) is 0 Å². The molecule has 6 heteroatoms. The van der Waals surface area contributed by atoms with Gasteiger partial charge < -0.3 is 0 Å². The van der Waals surface area contributed by atoms with Crippen molar-refractivity contribution < 1.29 is 0 Å². The highest BCUT2D eigenvalue weighted by atomic mass is 15.0. The highest BCUT2D eigenvalue weighted by molar-refractivity contribution is 5.98. The van der Waals surface area contributed by atoms with Crippen molar-refractivity contribution in [2.24, 2.45) is 5.92 Å². The lowest BCUT2D eigenvalue weighted by molar-refractivity contribution is 0.846. The van der Waals surface area contributed by atoms with Gasteiger partial charge >= 0.3 is 0 Å². The molecule has 0 amide bonds. The van der Waals surface area contributed by atoms with Crippen LogP contribution in [0.15, 0.2) is 158 Å². The predicted octanol–water partition coefficient (Wildman–Crippen LogP) is 11.9. The van der Waals surface area contributed by atoms with Crippen LogP contribution in [-0.4, -0.2) is 29.9 Å². The number of hydrogen-bond acceptors (Lipinski definition) is 6. The van der Waals surface area contributed by atoms with E-state index >= 15 is 0 Å². The zero-order chi connectivity index (χ0) is 38.3. The van der Waals surface area contributed by atoms with Gasteiger partial charge in [0.1, 0.15) is 0 Å². The van der Waals surface area contributed by atoms with Gasteiger partial charge in [-0.05, 0) is 61.1 Å². The number of allylic oxidation sites excluding steroid dienone is 8. The van der Waals surface area contributed by atoms with Crippen molar-refractivity contribution in [2.45, 2.75) is 33.6 Å². The summed E-state index contributed by atoms with van der Waals surface area (Å²) in [4.78, 5) is 31.3. The second-order valence-electron chi connectivity index (χ2n) is 13.8. The molecule has 3 heterocycles. The maximum Gasteiger partial charge on any atom is 0.172 e. The Bertz CT molecular complexity index is 2520. The summed E-state index contributed by atoms with van der Waals surface area (Å²) >= 11 is 0. The first-order valence-electron chi connectivity index (χ1n) is 19.0. The van der Waals surface area contributed by atoms with E-state index in [0.717, 1.165) is 85.8 Å². The summed E-state index contributed by atoms with van der Waals surface area (Å²) in [6.45, 7) is 6.39. The van der Waals surface area contributed by atoms with Crippen molar-refractivity contribution in [1.82, 2.24) is 29.9 Å². The van der Waals surface area contributed by atoms with Crippen molar-refractivity contribution in [3.8, 4) is 56.5 Å².